The molecule has 0 saturated heterocycles. The summed E-state index contributed by atoms with van der Waals surface area (Å²) in [4.78, 5) is 0. The fourth-order valence-corrected chi connectivity index (χ4v) is 4.20. The summed E-state index contributed by atoms with van der Waals surface area (Å²) in [7, 11) is 0. The van der Waals surface area contributed by atoms with Crippen molar-refractivity contribution in [3.63, 3.8) is 0 Å². The Labute approximate surface area is 183 Å². The van der Waals surface area contributed by atoms with Crippen LogP contribution in [0.15, 0.2) is 63.5 Å². The highest BCUT2D eigenvalue weighted by Gasteiger charge is 2.12. The fourth-order valence-electron chi connectivity index (χ4n) is 2.48. The van der Waals surface area contributed by atoms with E-state index in [1.165, 1.54) is 6.07 Å². The molecule has 0 spiro atoms. The molecule has 0 heterocycles. The summed E-state index contributed by atoms with van der Waals surface area (Å²) >= 11 is 19.0. The van der Waals surface area contributed by atoms with E-state index in [2.05, 4.69) is 37.2 Å². The standard InChI is InChI=1S/C20H14Br2Cl2FNO/c21-14-7-13(10-26-15-5-6-17(23)18(24)9-15)20(16(22)8-14)27-11-12-3-1-2-4-19(12)25/h1-9,26H,10-11H2. The molecule has 0 fully saturated rings. The predicted molar refractivity (Wildman–Crippen MR) is 116 cm³/mol. The van der Waals surface area contributed by atoms with Crippen LogP contribution in [0.25, 0.3) is 0 Å². The van der Waals surface area contributed by atoms with Gasteiger partial charge in [-0.15, -0.1) is 0 Å². The number of halogens is 5. The Morgan fingerprint density at radius 2 is 1.70 bits per heavy atom. The van der Waals surface area contributed by atoms with E-state index >= 15 is 0 Å². The molecular weight excluding hydrogens is 520 g/mol. The second-order valence-corrected chi connectivity index (χ2v) is 8.32. The lowest BCUT2D eigenvalue weighted by molar-refractivity contribution is 0.295. The topological polar surface area (TPSA) is 21.3 Å². The third kappa shape index (κ3) is 5.38. The first-order valence-corrected chi connectivity index (χ1v) is 10.3. The van der Waals surface area contributed by atoms with Crippen LogP contribution in [0.1, 0.15) is 11.1 Å². The van der Waals surface area contributed by atoms with Gasteiger partial charge in [-0.25, -0.2) is 4.39 Å². The monoisotopic (exact) mass is 531 g/mol. The molecule has 0 aliphatic heterocycles. The highest BCUT2D eigenvalue weighted by molar-refractivity contribution is 9.11. The zero-order valence-electron chi connectivity index (χ0n) is 13.9. The molecule has 7 heteroatoms. The molecule has 140 valence electrons. The number of hydrogen-bond acceptors (Lipinski definition) is 2. The molecule has 1 N–H and O–H groups in total. The summed E-state index contributed by atoms with van der Waals surface area (Å²) in [6.07, 6.45) is 0. The lowest BCUT2D eigenvalue weighted by Crippen LogP contribution is -2.05. The van der Waals surface area contributed by atoms with Crippen LogP contribution in [0.3, 0.4) is 0 Å². The molecule has 0 radical (unpaired) electrons. The first kappa shape index (κ1) is 20.5. The Balaban J connectivity index is 1.79. The van der Waals surface area contributed by atoms with Crippen LogP contribution in [-0.2, 0) is 13.2 Å². The highest BCUT2D eigenvalue weighted by atomic mass is 79.9. The molecule has 3 rings (SSSR count). The summed E-state index contributed by atoms with van der Waals surface area (Å²) in [5.41, 5.74) is 2.23. The van der Waals surface area contributed by atoms with Gasteiger partial charge in [-0.2, -0.15) is 0 Å². The molecule has 0 aliphatic rings. The van der Waals surface area contributed by atoms with Crippen molar-refractivity contribution in [2.24, 2.45) is 0 Å². The number of rotatable bonds is 6. The van der Waals surface area contributed by atoms with E-state index in [0.717, 1.165) is 20.2 Å². The van der Waals surface area contributed by atoms with Gasteiger partial charge in [0.25, 0.3) is 0 Å². The van der Waals surface area contributed by atoms with Crippen LogP contribution < -0.4 is 10.1 Å². The molecule has 0 aromatic heterocycles. The number of anilines is 1. The van der Waals surface area contributed by atoms with Gasteiger partial charge in [-0.1, -0.05) is 57.3 Å². The van der Waals surface area contributed by atoms with Crippen molar-refractivity contribution in [2.45, 2.75) is 13.2 Å². The minimum Gasteiger partial charge on any atom is -0.487 e. The number of ether oxygens (including phenoxy) is 1. The average Bonchev–Trinajstić information content (AvgIpc) is 2.63. The zero-order valence-corrected chi connectivity index (χ0v) is 18.6. The molecule has 27 heavy (non-hydrogen) atoms. The molecule has 0 aliphatic carbocycles. The Morgan fingerprint density at radius 3 is 2.44 bits per heavy atom. The van der Waals surface area contributed by atoms with Crippen LogP contribution in [0.5, 0.6) is 5.75 Å². The molecule has 3 aromatic carbocycles. The van der Waals surface area contributed by atoms with Crippen molar-refractivity contribution in [1.82, 2.24) is 0 Å². The summed E-state index contributed by atoms with van der Waals surface area (Å²) in [5, 5.41) is 4.28. The third-order valence-corrected chi connectivity index (χ3v) is 5.60. The first-order valence-electron chi connectivity index (χ1n) is 7.97. The van der Waals surface area contributed by atoms with Gasteiger partial charge in [0.2, 0.25) is 0 Å². The average molecular weight is 534 g/mol. The molecule has 3 aromatic rings. The van der Waals surface area contributed by atoms with E-state index in [9.17, 15) is 4.39 Å². The summed E-state index contributed by atoms with van der Waals surface area (Å²) in [6.45, 7) is 0.620. The summed E-state index contributed by atoms with van der Waals surface area (Å²) in [5.74, 6) is 0.357. The Morgan fingerprint density at radius 1 is 0.926 bits per heavy atom. The Hall–Kier alpha value is -1.27. The SMILES string of the molecule is Fc1ccccc1COc1c(Br)cc(Br)cc1CNc1ccc(Cl)c(Cl)c1. The van der Waals surface area contributed by atoms with Crippen molar-refractivity contribution in [1.29, 1.82) is 0 Å². The maximum Gasteiger partial charge on any atom is 0.139 e. The highest BCUT2D eigenvalue weighted by Crippen LogP contribution is 2.34. The molecule has 0 saturated carbocycles. The second-order valence-electron chi connectivity index (χ2n) is 5.74. The number of hydrogen-bond donors (Lipinski definition) is 1. The molecule has 0 unspecified atom stereocenters. The lowest BCUT2D eigenvalue weighted by atomic mass is 10.2. The van der Waals surface area contributed by atoms with Gasteiger partial charge in [0.1, 0.15) is 18.2 Å². The lowest BCUT2D eigenvalue weighted by Gasteiger charge is -2.16. The molecular formula is C20H14Br2Cl2FNO. The van der Waals surface area contributed by atoms with Gasteiger partial charge in [0.05, 0.1) is 14.5 Å². The van der Waals surface area contributed by atoms with Gasteiger partial charge in [-0.3, -0.25) is 0 Å². The van der Waals surface area contributed by atoms with E-state index in [1.54, 1.807) is 30.3 Å². The minimum atomic E-state index is -0.291. The van der Waals surface area contributed by atoms with Crippen molar-refractivity contribution in [3.05, 3.63) is 90.5 Å². The van der Waals surface area contributed by atoms with E-state index in [-0.39, 0.29) is 12.4 Å². The zero-order chi connectivity index (χ0) is 19.4. The fraction of sp³-hybridized carbons (Fsp3) is 0.100. The van der Waals surface area contributed by atoms with Crippen LogP contribution in [0.4, 0.5) is 10.1 Å². The van der Waals surface area contributed by atoms with E-state index < -0.39 is 0 Å². The molecule has 2 nitrogen and oxygen atoms in total. The van der Waals surface area contributed by atoms with Gasteiger partial charge < -0.3 is 10.1 Å². The van der Waals surface area contributed by atoms with Crippen LogP contribution in [0, 0.1) is 5.82 Å². The molecule has 0 bridgehead atoms. The van der Waals surface area contributed by atoms with E-state index in [1.807, 2.05) is 18.2 Å². The van der Waals surface area contributed by atoms with Crippen LogP contribution in [-0.4, -0.2) is 0 Å². The molecule has 0 atom stereocenters. The second kappa shape index (κ2) is 9.28. The van der Waals surface area contributed by atoms with Gasteiger partial charge in [-0.05, 0) is 52.3 Å². The largest absolute Gasteiger partial charge is 0.487 e. The number of nitrogens with one attached hydrogen (secondary N) is 1. The maximum absolute atomic E-state index is 13.9. The van der Waals surface area contributed by atoms with E-state index in [4.69, 9.17) is 27.9 Å². The smallest absolute Gasteiger partial charge is 0.139 e. The first-order chi connectivity index (χ1) is 12.9. The normalized spacial score (nSPS) is 10.7. The summed E-state index contributed by atoms with van der Waals surface area (Å²) < 4.78 is 21.5. The predicted octanol–water partition coefficient (Wildman–Crippen LogP) is 7.85. The van der Waals surface area contributed by atoms with Crippen molar-refractivity contribution < 1.29 is 9.13 Å². The number of benzene rings is 3. The van der Waals surface area contributed by atoms with Crippen LogP contribution >= 0.6 is 55.1 Å². The van der Waals surface area contributed by atoms with Gasteiger partial charge >= 0.3 is 0 Å². The minimum absolute atomic E-state index is 0.132. The van der Waals surface area contributed by atoms with Crippen molar-refractivity contribution >= 4 is 60.7 Å². The maximum atomic E-state index is 13.9. The third-order valence-electron chi connectivity index (χ3n) is 3.82. The van der Waals surface area contributed by atoms with Crippen LogP contribution in [0.2, 0.25) is 10.0 Å². The van der Waals surface area contributed by atoms with E-state index in [0.29, 0.717) is 27.9 Å². The summed E-state index contributed by atoms with van der Waals surface area (Å²) in [6, 6.07) is 15.7. The Bertz CT molecular complexity index is 969. The molecule has 0 amide bonds. The van der Waals surface area contributed by atoms with Crippen molar-refractivity contribution in [2.75, 3.05) is 5.32 Å². The van der Waals surface area contributed by atoms with Crippen molar-refractivity contribution in [3.8, 4) is 5.75 Å². The van der Waals surface area contributed by atoms with Gasteiger partial charge in [0, 0.05) is 27.8 Å². The van der Waals surface area contributed by atoms with Gasteiger partial charge in [0.15, 0.2) is 0 Å². The Kier molecular flexibility index (Phi) is 7.04. The quantitative estimate of drug-likeness (QED) is 0.348.